The minimum absolute atomic E-state index is 0.0530. The SMILES string of the molecule is NC(c1ncco1)C1CCCNC1. The van der Waals surface area contributed by atoms with Gasteiger partial charge in [0.1, 0.15) is 6.26 Å². The average molecular weight is 181 g/mol. The predicted molar refractivity (Wildman–Crippen MR) is 49.0 cm³/mol. The van der Waals surface area contributed by atoms with Crippen LogP contribution >= 0.6 is 0 Å². The number of aromatic nitrogens is 1. The topological polar surface area (TPSA) is 64.1 Å². The maximum absolute atomic E-state index is 6.02. The molecule has 1 aromatic rings. The number of nitrogens with one attached hydrogen (secondary N) is 1. The molecule has 4 nitrogen and oxygen atoms in total. The van der Waals surface area contributed by atoms with E-state index in [1.807, 2.05) is 0 Å². The number of nitrogens with two attached hydrogens (primary N) is 1. The van der Waals surface area contributed by atoms with Gasteiger partial charge in [-0.1, -0.05) is 0 Å². The van der Waals surface area contributed by atoms with Gasteiger partial charge in [0.05, 0.1) is 12.2 Å². The second-order valence-corrected chi connectivity index (χ2v) is 3.50. The molecule has 2 atom stereocenters. The molecule has 0 amide bonds. The lowest BCUT2D eigenvalue weighted by Gasteiger charge is -2.26. The lowest BCUT2D eigenvalue weighted by molar-refractivity contribution is 0.289. The summed E-state index contributed by atoms with van der Waals surface area (Å²) >= 11 is 0. The molecular formula is C9H15N3O. The van der Waals surface area contributed by atoms with Gasteiger partial charge in [-0.2, -0.15) is 0 Å². The Labute approximate surface area is 77.5 Å². The van der Waals surface area contributed by atoms with E-state index in [-0.39, 0.29) is 6.04 Å². The van der Waals surface area contributed by atoms with Crippen LogP contribution in [0, 0.1) is 5.92 Å². The summed E-state index contributed by atoms with van der Waals surface area (Å²) in [6, 6.07) is -0.0530. The number of piperidine rings is 1. The number of hydrogen-bond acceptors (Lipinski definition) is 4. The monoisotopic (exact) mass is 181 g/mol. The van der Waals surface area contributed by atoms with Gasteiger partial charge in [0.15, 0.2) is 0 Å². The normalized spacial score (nSPS) is 25.8. The summed E-state index contributed by atoms with van der Waals surface area (Å²) in [5.74, 6) is 1.13. The summed E-state index contributed by atoms with van der Waals surface area (Å²) in [5, 5.41) is 3.33. The van der Waals surface area contributed by atoms with Crippen LogP contribution in [0.25, 0.3) is 0 Å². The zero-order chi connectivity index (χ0) is 9.10. The highest BCUT2D eigenvalue weighted by Gasteiger charge is 2.24. The summed E-state index contributed by atoms with van der Waals surface area (Å²) in [6.45, 7) is 2.08. The van der Waals surface area contributed by atoms with E-state index in [4.69, 9.17) is 10.2 Å². The quantitative estimate of drug-likeness (QED) is 0.704. The van der Waals surface area contributed by atoms with Crippen LogP contribution in [0.5, 0.6) is 0 Å². The van der Waals surface area contributed by atoms with Crippen molar-refractivity contribution < 1.29 is 4.42 Å². The van der Waals surface area contributed by atoms with Crippen LogP contribution in [0.2, 0.25) is 0 Å². The summed E-state index contributed by atoms with van der Waals surface area (Å²) in [5.41, 5.74) is 6.02. The van der Waals surface area contributed by atoms with Gasteiger partial charge in [0.2, 0.25) is 5.89 Å². The molecule has 2 rings (SSSR count). The van der Waals surface area contributed by atoms with Crippen LogP contribution in [-0.2, 0) is 0 Å². The second-order valence-electron chi connectivity index (χ2n) is 3.50. The van der Waals surface area contributed by atoms with Crippen molar-refractivity contribution in [3.8, 4) is 0 Å². The van der Waals surface area contributed by atoms with Crippen LogP contribution in [-0.4, -0.2) is 18.1 Å². The molecule has 0 radical (unpaired) electrons. The van der Waals surface area contributed by atoms with E-state index in [0.29, 0.717) is 11.8 Å². The molecule has 0 spiro atoms. The summed E-state index contributed by atoms with van der Waals surface area (Å²) in [7, 11) is 0. The molecule has 1 fully saturated rings. The van der Waals surface area contributed by atoms with E-state index < -0.39 is 0 Å². The zero-order valence-electron chi connectivity index (χ0n) is 7.57. The molecule has 72 valence electrons. The standard InChI is InChI=1S/C9H15N3O/c10-8(9-12-4-5-13-9)7-2-1-3-11-6-7/h4-5,7-8,11H,1-3,6,10H2. The van der Waals surface area contributed by atoms with Crippen LogP contribution in [0.15, 0.2) is 16.9 Å². The first-order valence-corrected chi connectivity index (χ1v) is 4.73. The second kappa shape index (κ2) is 3.89. The van der Waals surface area contributed by atoms with Crippen molar-refractivity contribution >= 4 is 0 Å². The van der Waals surface area contributed by atoms with E-state index in [2.05, 4.69) is 10.3 Å². The molecule has 0 aromatic carbocycles. The Hall–Kier alpha value is -0.870. The maximum Gasteiger partial charge on any atom is 0.211 e. The van der Waals surface area contributed by atoms with E-state index in [0.717, 1.165) is 19.5 Å². The fourth-order valence-electron chi connectivity index (χ4n) is 1.79. The number of rotatable bonds is 2. The van der Waals surface area contributed by atoms with E-state index >= 15 is 0 Å². The third-order valence-electron chi connectivity index (χ3n) is 2.58. The molecule has 2 heterocycles. The predicted octanol–water partition coefficient (Wildman–Crippen LogP) is 0.674. The number of oxazole rings is 1. The van der Waals surface area contributed by atoms with Gasteiger partial charge in [-0.3, -0.25) is 0 Å². The average Bonchev–Trinajstić information content (AvgIpc) is 2.71. The Kier molecular flexibility index (Phi) is 2.61. The van der Waals surface area contributed by atoms with E-state index in [1.165, 1.54) is 6.42 Å². The Bertz CT molecular complexity index is 241. The Morgan fingerprint density at radius 2 is 2.62 bits per heavy atom. The molecule has 3 N–H and O–H groups in total. The largest absolute Gasteiger partial charge is 0.447 e. The Balaban J connectivity index is 1.99. The van der Waals surface area contributed by atoms with E-state index in [9.17, 15) is 0 Å². The lowest BCUT2D eigenvalue weighted by atomic mass is 9.92. The highest BCUT2D eigenvalue weighted by molar-refractivity contribution is 4.93. The lowest BCUT2D eigenvalue weighted by Crippen LogP contribution is -2.36. The molecular weight excluding hydrogens is 166 g/mol. The Morgan fingerprint density at radius 3 is 3.23 bits per heavy atom. The molecule has 0 aliphatic carbocycles. The fraction of sp³-hybridized carbons (Fsp3) is 0.667. The van der Waals surface area contributed by atoms with Gasteiger partial charge in [0, 0.05) is 0 Å². The molecule has 1 saturated heterocycles. The summed E-state index contributed by atoms with van der Waals surface area (Å²) in [4.78, 5) is 4.07. The molecule has 13 heavy (non-hydrogen) atoms. The van der Waals surface area contributed by atoms with Gasteiger partial charge in [-0.15, -0.1) is 0 Å². The molecule has 0 bridgehead atoms. The maximum atomic E-state index is 6.02. The fourth-order valence-corrected chi connectivity index (χ4v) is 1.79. The van der Waals surface area contributed by atoms with Gasteiger partial charge in [-0.25, -0.2) is 4.98 Å². The third-order valence-corrected chi connectivity index (χ3v) is 2.58. The third kappa shape index (κ3) is 1.89. The van der Waals surface area contributed by atoms with Gasteiger partial charge in [-0.05, 0) is 31.8 Å². The Morgan fingerprint density at radius 1 is 1.69 bits per heavy atom. The van der Waals surface area contributed by atoms with Crippen LogP contribution in [0.1, 0.15) is 24.8 Å². The van der Waals surface area contributed by atoms with Crippen molar-refractivity contribution in [2.75, 3.05) is 13.1 Å². The molecule has 4 heteroatoms. The molecule has 1 aromatic heterocycles. The molecule has 0 saturated carbocycles. The summed E-state index contributed by atoms with van der Waals surface area (Å²) in [6.07, 6.45) is 5.58. The molecule has 1 aliphatic heterocycles. The van der Waals surface area contributed by atoms with E-state index in [1.54, 1.807) is 12.5 Å². The van der Waals surface area contributed by atoms with Crippen molar-refractivity contribution in [3.05, 3.63) is 18.4 Å². The van der Waals surface area contributed by atoms with Gasteiger partial charge in [0.25, 0.3) is 0 Å². The van der Waals surface area contributed by atoms with Crippen molar-refractivity contribution in [3.63, 3.8) is 0 Å². The zero-order valence-corrected chi connectivity index (χ0v) is 7.57. The minimum atomic E-state index is -0.0530. The van der Waals surface area contributed by atoms with Crippen molar-refractivity contribution in [2.45, 2.75) is 18.9 Å². The smallest absolute Gasteiger partial charge is 0.211 e. The van der Waals surface area contributed by atoms with Crippen molar-refractivity contribution in [1.29, 1.82) is 0 Å². The highest BCUT2D eigenvalue weighted by atomic mass is 16.3. The number of hydrogen-bond donors (Lipinski definition) is 2. The van der Waals surface area contributed by atoms with Crippen molar-refractivity contribution in [1.82, 2.24) is 10.3 Å². The van der Waals surface area contributed by atoms with Gasteiger partial charge < -0.3 is 15.5 Å². The molecule has 2 unspecified atom stereocenters. The first-order chi connectivity index (χ1) is 6.38. The van der Waals surface area contributed by atoms with Crippen molar-refractivity contribution in [2.24, 2.45) is 11.7 Å². The highest BCUT2D eigenvalue weighted by Crippen LogP contribution is 2.23. The number of nitrogens with zero attached hydrogens (tertiary/aromatic N) is 1. The first-order valence-electron chi connectivity index (χ1n) is 4.73. The van der Waals surface area contributed by atoms with Crippen LogP contribution < -0.4 is 11.1 Å². The minimum Gasteiger partial charge on any atom is -0.447 e. The summed E-state index contributed by atoms with van der Waals surface area (Å²) < 4.78 is 5.18. The van der Waals surface area contributed by atoms with Crippen LogP contribution in [0.3, 0.4) is 0 Å². The first kappa shape index (κ1) is 8.72. The van der Waals surface area contributed by atoms with Gasteiger partial charge >= 0.3 is 0 Å². The molecule has 1 aliphatic rings. The van der Waals surface area contributed by atoms with Crippen LogP contribution in [0.4, 0.5) is 0 Å².